The first-order valence-corrected chi connectivity index (χ1v) is 8.97. The van der Waals surface area contributed by atoms with Gasteiger partial charge < -0.3 is 14.6 Å². The predicted octanol–water partition coefficient (Wildman–Crippen LogP) is 0.178. The van der Waals surface area contributed by atoms with Crippen molar-refractivity contribution in [1.29, 1.82) is 0 Å². The lowest BCUT2D eigenvalue weighted by atomic mass is 10.1. The molecule has 1 amide bonds. The largest absolute Gasteiger partial charge is 0.454 e. The molecule has 0 bridgehead atoms. The number of nitrogens with one attached hydrogen (secondary N) is 1. The average Bonchev–Trinajstić information content (AvgIpc) is 3.13. The third kappa shape index (κ3) is 4.10. The summed E-state index contributed by atoms with van der Waals surface area (Å²) in [6, 6.07) is 7.37. The zero-order valence-electron chi connectivity index (χ0n) is 16.3. The second kappa shape index (κ2) is 8.13. The maximum Gasteiger partial charge on any atom is 0.332 e. The third-order valence-corrected chi connectivity index (χ3v) is 4.50. The number of hydrogen-bond acceptors (Lipinski definition) is 6. The topological polar surface area (TPSA) is 117 Å². The summed E-state index contributed by atoms with van der Waals surface area (Å²) >= 11 is 0. The number of anilines is 1. The smallest absolute Gasteiger partial charge is 0.332 e. The Balaban J connectivity index is 1.66. The fourth-order valence-corrected chi connectivity index (χ4v) is 2.91. The van der Waals surface area contributed by atoms with Crippen molar-refractivity contribution in [3.63, 3.8) is 0 Å². The second-order valence-corrected chi connectivity index (χ2v) is 6.51. The van der Waals surface area contributed by atoms with Crippen molar-refractivity contribution in [3.8, 4) is 0 Å². The van der Waals surface area contributed by atoms with E-state index >= 15 is 0 Å². The zero-order valence-corrected chi connectivity index (χ0v) is 16.3. The van der Waals surface area contributed by atoms with Gasteiger partial charge in [0.1, 0.15) is 6.54 Å². The molecule has 29 heavy (non-hydrogen) atoms. The van der Waals surface area contributed by atoms with E-state index in [4.69, 9.17) is 4.74 Å². The summed E-state index contributed by atoms with van der Waals surface area (Å²) in [5, 5.41) is 2.66. The first kappa shape index (κ1) is 20.1. The number of rotatable bonds is 6. The molecule has 152 valence electrons. The van der Waals surface area contributed by atoms with Crippen LogP contribution in [0.4, 0.5) is 5.69 Å². The quantitative estimate of drug-likeness (QED) is 0.591. The molecule has 0 aliphatic carbocycles. The average molecular weight is 399 g/mol. The number of aromatic nitrogens is 4. The van der Waals surface area contributed by atoms with E-state index in [1.165, 1.54) is 29.6 Å². The van der Waals surface area contributed by atoms with Crippen LogP contribution in [-0.4, -0.2) is 37.2 Å². The lowest BCUT2D eigenvalue weighted by molar-refractivity contribution is -0.147. The van der Waals surface area contributed by atoms with Crippen molar-refractivity contribution >= 4 is 28.7 Å². The Morgan fingerprint density at radius 3 is 2.66 bits per heavy atom. The Hall–Kier alpha value is -3.69. The zero-order chi connectivity index (χ0) is 21.1. The van der Waals surface area contributed by atoms with Gasteiger partial charge in [0.15, 0.2) is 17.8 Å². The molecule has 0 saturated carbocycles. The molecule has 0 aliphatic heterocycles. The summed E-state index contributed by atoms with van der Waals surface area (Å²) in [7, 11) is 2.83. The van der Waals surface area contributed by atoms with Crippen LogP contribution in [0.15, 0.2) is 40.2 Å². The van der Waals surface area contributed by atoms with Gasteiger partial charge in [0.25, 0.3) is 11.5 Å². The highest BCUT2D eigenvalue weighted by Gasteiger charge is 2.17. The lowest BCUT2D eigenvalue weighted by Gasteiger charge is -2.09. The number of amides is 1. The number of imidazole rings is 1. The van der Waals surface area contributed by atoms with Crippen LogP contribution in [0.5, 0.6) is 0 Å². The van der Waals surface area contributed by atoms with Crippen LogP contribution in [0.1, 0.15) is 12.5 Å². The monoisotopic (exact) mass is 399 g/mol. The lowest BCUT2D eigenvalue weighted by Crippen LogP contribution is -2.37. The molecular formula is C19H21N5O5. The van der Waals surface area contributed by atoms with Gasteiger partial charge in [-0.15, -0.1) is 0 Å². The molecule has 0 atom stereocenters. The molecule has 3 rings (SSSR count). The van der Waals surface area contributed by atoms with Crippen molar-refractivity contribution in [2.24, 2.45) is 14.1 Å². The van der Waals surface area contributed by atoms with Gasteiger partial charge in [-0.25, -0.2) is 9.78 Å². The van der Waals surface area contributed by atoms with Gasteiger partial charge in [-0.1, -0.05) is 19.1 Å². The molecule has 0 spiro atoms. The number of carbonyl (C=O) groups is 2. The molecule has 0 fully saturated rings. The predicted molar refractivity (Wildman–Crippen MR) is 106 cm³/mol. The molecule has 0 unspecified atom stereocenters. The van der Waals surface area contributed by atoms with Gasteiger partial charge in [0.2, 0.25) is 0 Å². The highest BCUT2D eigenvalue weighted by atomic mass is 16.5. The molecule has 2 heterocycles. The molecule has 3 aromatic rings. The Bertz CT molecular complexity index is 1200. The summed E-state index contributed by atoms with van der Waals surface area (Å²) in [6.45, 7) is 1.23. The third-order valence-electron chi connectivity index (χ3n) is 4.50. The van der Waals surface area contributed by atoms with Crippen LogP contribution in [0.25, 0.3) is 11.2 Å². The number of esters is 1. The summed E-state index contributed by atoms with van der Waals surface area (Å²) in [4.78, 5) is 52.5. The summed E-state index contributed by atoms with van der Waals surface area (Å²) in [5.74, 6) is -1.18. The van der Waals surface area contributed by atoms with E-state index in [1.807, 2.05) is 25.1 Å². The molecule has 10 nitrogen and oxygen atoms in total. The second-order valence-electron chi connectivity index (χ2n) is 6.51. The van der Waals surface area contributed by atoms with Gasteiger partial charge >= 0.3 is 11.7 Å². The van der Waals surface area contributed by atoms with Crippen LogP contribution in [-0.2, 0) is 41.4 Å². The molecule has 0 saturated heterocycles. The van der Waals surface area contributed by atoms with Gasteiger partial charge in [-0.05, 0) is 24.1 Å². The number of fused-ring (bicyclic) bond motifs is 1. The Morgan fingerprint density at radius 2 is 1.93 bits per heavy atom. The number of aryl methyl sites for hydroxylation is 2. The van der Waals surface area contributed by atoms with Gasteiger partial charge in [-0.3, -0.25) is 23.5 Å². The number of ether oxygens (including phenoxy) is 1. The molecule has 0 radical (unpaired) electrons. The van der Waals surface area contributed by atoms with Crippen molar-refractivity contribution in [1.82, 2.24) is 18.7 Å². The summed E-state index contributed by atoms with van der Waals surface area (Å²) in [5.41, 5.74) is 0.881. The van der Waals surface area contributed by atoms with Crippen LogP contribution < -0.4 is 16.6 Å². The van der Waals surface area contributed by atoms with E-state index in [2.05, 4.69) is 10.3 Å². The standard InChI is InChI=1S/C19H21N5O5/c1-4-12-6-5-7-13(8-12)21-14(25)10-29-15(26)9-24-11-20-17-16(24)18(27)23(3)19(28)22(17)2/h5-8,11H,4,9-10H2,1-3H3,(H,21,25). The maximum absolute atomic E-state index is 12.4. The molecule has 2 aromatic heterocycles. The van der Waals surface area contributed by atoms with Gasteiger partial charge in [0.05, 0.1) is 6.33 Å². The van der Waals surface area contributed by atoms with Gasteiger partial charge in [-0.2, -0.15) is 0 Å². The minimum atomic E-state index is -0.710. The minimum absolute atomic E-state index is 0.104. The van der Waals surface area contributed by atoms with E-state index < -0.39 is 29.7 Å². The molecule has 1 aromatic carbocycles. The van der Waals surface area contributed by atoms with E-state index in [1.54, 1.807) is 6.07 Å². The molecule has 1 N–H and O–H groups in total. The Kier molecular flexibility index (Phi) is 5.62. The molecular weight excluding hydrogens is 378 g/mol. The summed E-state index contributed by atoms with van der Waals surface area (Å²) in [6.07, 6.45) is 2.12. The number of hydrogen-bond donors (Lipinski definition) is 1. The van der Waals surface area contributed by atoms with E-state index in [-0.39, 0.29) is 17.7 Å². The van der Waals surface area contributed by atoms with Gasteiger partial charge in [0, 0.05) is 19.8 Å². The first-order chi connectivity index (χ1) is 13.8. The van der Waals surface area contributed by atoms with Crippen molar-refractivity contribution in [2.45, 2.75) is 19.9 Å². The van der Waals surface area contributed by atoms with E-state index in [0.717, 1.165) is 16.6 Å². The number of carbonyl (C=O) groups excluding carboxylic acids is 2. The highest BCUT2D eigenvalue weighted by Crippen LogP contribution is 2.11. The van der Waals surface area contributed by atoms with Crippen LogP contribution in [0.2, 0.25) is 0 Å². The Labute approximate surface area is 165 Å². The normalized spacial score (nSPS) is 10.9. The number of nitrogens with zero attached hydrogens (tertiary/aromatic N) is 4. The van der Waals surface area contributed by atoms with E-state index in [0.29, 0.717) is 5.69 Å². The van der Waals surface area contributed by atoms with Crippen LogP contribution in [0, 0.1) is 0 Å². The SMILES string of the molecule is CCc1cccc(NC(=O)COC(=O)Cn2cnc3c2c(=O)n(C)c(=O)n3C)c1. The Morgan fingerprint density at radius 1 is 1.17 bits per heavy atom. The molecule has 10 heteroatoms. The fourth-order valence-electron chi connectivity index (χ4n) is 2.91. The minimum Gasteiger partial charge on any atom is -0.454 e. The van der Waals surface area contributed by atoms with Crippen LogP contribution >= 0.6 is 0 Å². The van der Waals surface area contributed by atoms with E-state index in [9.17, 15) is 19.2 Å². The van der Waals surface area contributed by atoms with Crippen molar-refractivity contribution < 1.29 is 14.3 Å². The highest BCUT2D eigenvalue weighted by molar-refractivity contribution is 5.92. The molecule has 0 aliphatic rings. The van der Waals surface area contributed by atoms with Crippen LogP contribution in [0.3, 0.4) is 0 Å². The maximum atomic E-state index is 12.4. The van der Waals surface area contributed by atoms with Crippen molar-refractivity contribution in [3.05, 3.63) is 57.0 Å². The summed E-state index contributed by atoms with van der Waals surface area (Å²) < 4.78 is 8.45. The first-order valence-electron chi connectivity index (χ1n) is 8.97. The van der Waals surface area contributed by atoms with Crippen molar-refractivity contribution in [2.75, 3.05) is 11.9 Å². The number of benzene rings is 1. The fraction of sp³-hybridized carbons (Fsp3) is 0.316.